The van der Waals surface area contributed by atoms with Gasteiger partial charge in [-0.05, 0) is 58.1 Å². The predicted molar refractivity (Wildman–Crippen MR) is 97.5 cm³/mol. The predicted octanol–water partition coefficient (Wildman–Crippen LogP) is 3.83. The van der Waals surface area contributed by atoms with Gasteiger partial charge in [-0.15, -0.1) is 0 Å². The molecule has 0 radical (unpaired) electrons. The van der Waals surface area contributed by atoms with Crippen molar-refractivity contribution in [3.05, 3.63) is 62.1 Å². The van der Waals surface area contributed by atoms with Crippen molar-refractivity contribution in [3.8, 4) is 0 Å². The number of fused-ring (bicyclic) bond motifs is 2. The van der Waals surface area contributed by atoms with E-state index in [0.29, 0.717) is 36.8 Å². The molecule has 1 unspecified atom stereocenters. The number of aromatic nitrogens is 1. The molecule has 2 aromatic rings. The van der Waals surface area contributed by atoms with Gasteiger partial charge < -0.3 is 5.21 Å². The van der Waals surface area contributed by atoms with Crippen LogP contribution in [0.15, 0.2) is 28.9 Å². The maximum Gasteiger partial charge on any atom is 0.130 e. The third-order valence-corrected chi connectivity index (χ3v) is 5.65. The van der Waals surface area contributed by atoms with E-state index in [9.17, 15) is 9.60 Å². The molecule has 4 nitrogen and oxygen atoms in total. The summed E-state index contributed by atoms with van der Waals surface area (Å²) >= 11 is 9.60. The van der Waals surface area contributed by atoms with Crippen molar-refractivity contribution in [3.63, 3.8) is 0 Å². The number of rotatable bonds is 1. The van der Waals surface area contributed by atoms with E-state index in [4.69, 9.17) is 11.6 Å². The summed E-state index contributed by atoms with van der Waals surface area (Å²) in [6.45, 7) is 2.37. The first-order chi connectivity index (χ1) is 12.0. The topological polar surface area (TPSA) is 39.6 Å². The normalized spacial score (nSPS) is 21.5. The van der Waals surface area contributed by atoms with Crippen LogP contribution in [0.3, 0.4) is 0 Å². The van der Waals surface area contributed by atoms with Gasteiger partial charge in [0.25, 0.3) is 0 Å². The minimum Gasteiger partial charge on any atom is -0.314 e. The molecule has 1 aromatic heterocycles. The highest BCUT2D eigenvalue weighted by Crippen LogP contribution is 2.39. The second-order valence-electron chi connectivity index (χ2n) is 6.55. The minimum atomic E-state index is -0.281. The number of hydrogen-bond donors (Lipinski definition) is 1. The Morgan fingerprint density at radius 1 is 1.12 bits per heavy atom. The Balaban J connectivity index is 1.87. The van der Waals surface area contributed by atoms with E-state index in [2.05, 4.69) is 31.9 Å². The maximum atomic E-state index is 15.0. The van der Waals surface area contributed by atoms with E-state index >= 15 is 0 Å². The molecular weight excluding hydrogens is 409 g/mol. The van der Waals surface area contributed by atoms with E-state index in [0.717, 1.165) is 34.1 Å². The largest absolute Gasteiger partial charge is 0.314 e. The van der Waals surface area contributed by atoms with Crippen LogP contribution in [-0.4, -0.2) is 46.3 Å². The summed E-state index contributed by atoms with van der Waals surface area (Å²) in [4.78, 5) is 6.85. The Hall–Kier alpha value is -1.05. The van der Waals surface area contributed by atoms with Crippen LogP contribution < -0.4 is 0 Å². The lowest BCUT2D eigenvalue weighted by atomic mass is 9.95. The van der Waals surface area contributed by atoms with Gasteiger partial charge in [0.1, 0.15) is 5.82 Å². The van der Waals surface area contributed by atoms with Crippen LogP contribution >= 0.6 is 27.5 Å². The summed E-state index contributed by atoms with van der Waals surface area (Å²) in [6.07, 6.45) is 3.30. The Labute approximate surface area is 159 Å². The lowest BCUT2D eigenvalue weighted by Crippen LogP contribution is -2.47. The molecule has 4 rings (SSSR count). The van der Waals surface area contributed by atoms with E-state index in [1.165, 1.54) is 11.1 Å². The SMILES string of the molecule is ON1CCN(C2c3ncc(Br)cc3CCc3cc(Cl)cc(F)c32)CC1. The van der Waals surface area contributed by atoms with E-state index in [1.807, 2.05) is 6.07 Å². The van der Waals surface area contributed by atoms with Crippen molar-refractivity contribution >= 4 is 27.5 Å². The molecule has 1 N–H and O–H groups in total. The second kappa shape index (κ2) is 6.93. The first kappa shape index (κ1) is 17.4. The van der Waals surface area contributed by atoms with E-state index < -0.39 is 0 Å². The summed E-state index contributed by atoms with van der Waals surface area (Å²) in [6, 6.07) is 5.07. The molecule has 1 aliphatic heterocycles. The van der Waals surface area contributed by atoms with Gasteiger partial charge in [-0.25, -0.2) is 4.39 Å². The smallest absolute Gasteiger partial charge is 0.130 e. The number of halogens is 3. The minimum absolute atomic E-state index is 0.258. The van der Waals surface area contributed by atoms with Crippen molar-refractivity contribution in [1.82, 2.24) is 14.9 Å². The zero-order chi connectivity index (χ0) is 17.6. The van der Waals surface area contributed by atoms with E-state index in [1.54, 1.807) is 6.20 Å². The molecule has 0 amide bonds. The Bertz CT molecular complexity index is 811. The molecule has 2 heterocycles. The Morgan fingerprint density at radius 2 is 1.84 bits per heavy atom. The number of aryl methyl sites for hydroxylation is 2. The number of hydrogen-bond acceptors (Lipinski definition) is 4. The zero-order valence-corrected chi connectivity index (χ0v) is 15.9. The number of pyridine rings is 1. The average molecular weight is 427 g/mol. The standard InChI is InChI=1S/C18H18BrClFN3O/c19-13-7-12-2-1-11-8-14(20)9-15(21)16(11)18(17(12)22-10-13)23-3-5-24(25)6-4-23/h7-10,18,25H,1-6H2. The molecule has 132 valence electrons. The molecule has 25 heavy (non-hydrogen) atoms. The maximum absolute atomic E-state index is 15.0. The van der Waals surface area contributed by atoms with E-state index in [-0.39, 0.29) is 11.9 Å². The fourth-order valence-corrected chi connectivity index (χ4v) is 4.43. The molecule has 1 atom stereocenters. The number of nitrogens with zero attached hydrogens (tertiary/aromatic N) is 3. The number of piperazine rings is 1. The highest BCUT2D eigenvalue weighted by Gasteiger charge is 2.34. The number of hydroxylamine groups is 2. The van der Waals surface area contributed by atoms with Crippen molar-refractivity contribution < 1.29 is 9.60 Å². The van der Waals surface area contributed by atoms with Gasteiger partial charge in [0.05, 0.1) is 11.7 Å². The molecule has 1 aliphatic carbocycles. The molecule has 0 spiro atoms. The summed E-state index contributed by atoms with van der Waals surface area (Å²) in [5, 5.41) is 11.4. The summed E-state index contributed by atoms with van der Waals surface area (Å²) in [5.41, 5.74) is 3.63. The van der Waals surface area contributed by atoms with Crippen molar-refractivity contribution in [2.45, 2.75) is 18.9 Å². The van der Waals surface area contributed by atoms with Crippen molar-refractivity contribution in [2.24, 2.45) is 0 Å². The van der Waals surface area contributed by atoms with Crippen molar-refractivity contribution in [2.75, 3.05) is 26.2 Å². The van der Waals surface area contributed by atoms with Crippen LogP contribution in [-0.2, 0) is 12.8 Å². The quantitative estimate of drug-likeness (QED) is 0.752. The molecule has 7 heteroatoms. The molecule has 0 bridgehead atoms. The van der Waals surface area contributed by atoms with Crippen LogP contribution in [0.25, 0.3) is 0 Å². The Kier molecular flexibility index (Phi) is 4.81. The molecule has 1 saturated heterocycles. The van der Waals surface area contributed by atoms with Gasteiger partial charge in [0.15, 0.2) is 0 Å². The van der Waals surface area contributed by atoms with Crippen LogP contribution in [0.2, 0.25) is 5.02 Å². The molecular formula is C18H18BrClFN3O. The fraction of sp³-hybridized carbons (Fsp3) is 0.389. The fourth-order valence-electron chi connectivity index (χ4n) is 3.82. The molecule has 1 fully saturated rings. The third-order valence-electron chi connectivity index (χ3n) is 5.00. The number of benzene rings is 1. The van der Waals surface area contributed by atoms with Crippen LogP contribution in [0.5, 0.6) is 0 Å². The van der Waals surface area contributed by atoms with Crippen LogP contribution in [0.4, 0.5) is 4.39 Å². The highest BCUT2D eigenvalue weighted by atomic mass is 79.9. The highest BCUT2D eigenvalue weighted by molar-refractivity contribution is 9.10. The molecule has 1 aromatic carbocycles. The van der Waals surface area contributed by atoms with Gasteiger partial charge in [-0.3, -0.25) is 9.88 Å². The van der Waals surface area contributed by atoms with Gasteiger partial charge in [-0.2, -0.15) is 5.06 Å². The monoisotopic (exact) mass is 425 g/mol. The lowest BCUT2D eigenvalue weighted by Gasteiger charge is -2.37. The Morgan fingerprint density at radius 3 is 2.60 bits per heavy atom. The summed E-state index contributed by atoms with van der Waals surface area (Å²) in [7, 11) is 0. The van der Waals surface area contributed by atoms with Crippen LogP contribution in [0.1, 0.15) is 28.4 Å². The van der Waals surface area contributed by atoms with Gasteiger partial charge >= 0.3 is 0 Å². The second-order valence-corrected chi connectivity index (χ2v) is 7.90. The van der Waals surface area contributed by atoms with Gasteiger partial charge in [-0.1, -0.05) is 11.6 Å². The van der Waals surface area contributed by atoms with Crippen LogP contribution in [0, 0.1) is 5.82 Å². The average Bonchev–Trinajstić information content (AvgIpc) is 2.72. The molecule has 2 aliphatic rings. The first-order valence-electron chi connectivity index (χ1n) is 8.33. The van der Waals surface area contributed by atoms with Gasteiger partial charge in [0.2, 0.25) is 0 Å². The third kappa shape index (κ3) is 3.34. The zero-order valence-electron chi connectivity index (χ0n) is 13.6. The summed E-state index contributed by atoms with van der Waals surface area (Å²) < 4.78 is 15.9. The van der Waals surface area contributed by atoms with Crippen molar-refractivity contribution in [1.29, 1.82) is 0 Å². The summed E-state index contributed by atoms with van der Waals surface area (Å²) in [5.74, 6) is -0.281. The lowest BCUT2D eigenvalue weighted by molar-refractivity contribution is -0.121. The molecule has 0 saturated carbocycles. The first-order valence-corrected chi connectivity index (χ1v) is 9.50. The van der Waals surface area contributed by atoms with Gasteiger partial charge in [0, 0.05) is 47.4 Å².